The highest BCUT2D eigenvalue weighted by molar-refractivity contribution is 5.81. The van der Waals surface area contributed by atoms with Crippen molar-refractivity contribution in [3.63, 3.8) is 0 Å². The van der Waals surface area contributed by atoms with Gasteiger partial charge in [0.05, 0.1) is 6.26 Å². The van der Waals surface area contributed by atoms with Crippen molar-refractivity contribution in [2.45, 2.75) is 39.2 Å². The van der Waals surface area contributed by atoms with Crippen LogP contribution in [0.3, 0.4) is 0 Å². The molecule has 1 aromatic heterocycles. The molecule has 2 aromatic rings. The Balaban J connectivity index is 1.80. The molecule has 0 aliphatic heterocycles. The minimum Gasteiger partial charge on any atom is -0.464 e. The summed E-state index contributed by atoms with van der Waals surface area (Å²) >= 11 is 0. The second-order valence-electron chi connectivity index (χ2n) is 5.53. The zero-order valence-corrected chi connectivity index (χ0v) is 12.1. The van der Waals surface area contributed by atoms with Gasteiger partial charge in [0.15, 0.2) is 0 Å². The van der Waals surface area contributed by atoms with Gasteiger partial charge in [0, 0.05) is 17.1 Å². The summed E-state index contributed by atoms with van der Waals surface area (Å²) in [4.78, 5) is 0. The van der Waals surface area contributed by atoms with Crippen LogP contribution in [0.4, 0.5) is 5.69 Å². The zero-order chi connectivity index (χ0) is 13.9. The fourth-order valence-corrected chi connectivity index (χ4v) is 2.76. The van der Waals surface area contributed by atoms with Gasteiger partial charge < -0.3 is 9.73 Å². The molecule has 20 heavy (non-hydrogen) atoms. The Labute approximate surface area is 120 Å². The summed E-state index contributed by atoms with van der Waals surface area (Å²) in [6, 6.07) is 8.71. The van der Waals surface area contributed by atoms with Crippen LogP contribution < -0.4 is 5.32 Å². The summed E-state index contributed by atoms with van der Waals surface area (Å²) in [5, 5.41) is 4.81. The lowest BCUT2D eigenvalue weighted by molar-refractivity contribution is 0.616. The Hall–Kier alpha value is -1.96. The number of hydrogen-bond acceptors (Lipinski definition) is 2. The molecule has 1 atom stereocenters. The molecule has 1 aliphatic carbocycles. The summed E-state index contributed by atoms with van der Waals surface area (Å²) in [5.74, 6) is 0. The molecule has 0 radical (unpaired) electrons. The summed E-state index contributed by atoms with van der Waals surface area (Å²) in [6.45, 7) is 4.44. The van der Waals surface area contributed by atoms with E-state index in [1.54, 1.807) is 6.26 Å². The Morgan fingerprint density at radius 2 is 2.10 bits per heavy atom. The summed E-state index contributed by atoms with van der Waals surface area (Å²) in [5.41, 5.74) is 5.09. The summed E-state index contributed by atoms with van der Waals surface area (Å²) in [6.07, 6.45) is 9.73. The van der Waals surface area contributed by atoms with E-state index >= 15 is 0 Å². The topological polar surface area (TPSA) is 25.2 Å². The maximum absolute atomic E-state index is 5.39. The van der Waals surface area contributed by atoms with Gasteiger partial charge in [-0.1, -0.05) is 24.6 Å². The van der Waals surface area contributed by atoms with Gasteiger partial charge in [-0.05, 0) is 56.0 Å². The van der Waals surface area contributed by atoms with Gasteiger partial charge in [-0.15, -0.1) is 0 Å². The van der Waals surface area contributed by atoms with Crippen LogP contribution in [0.25, 0.3) is 11.0 Å². The molecule has 0 bridgehead atoms. The normalized spacial score (nSPS) is 16.7. The fourth-order valence-electron chi connectivity index (χ4n) is 2.76. The Bertz CT molecular complexity index is 663. The molecule has 1 heterocycles. The second kappa shape index (κ2) is 5.58. The monoisotopic (exact) mass is 267 g/mol. The molecule has 0 fully saturated rings. The summed E-state index contributed by atoms with van der Waals surface area (Å²) < 4.78 is 5.39. The highest BCUT2D eigenvalue weighted by atomic mass is 16.3. The molecule has 0 saturated heterocycles. The van der Waals surface area contributed by atoms with Gasteiger partial charge in [0.25, 0.3) is 0 Å². The van der Waals surface area contributed by atoms with Crippen LogP contribution in [0.2, 0.25) is 0 Å². The van der Waals surface area contributed by atoms with E-state index in [9.17, 15) is 0 Å². The van der Waals surface area contributed by atoms with E-state index in [0.29, 0.717) is 6.04 Å². The highest BCUT2D eigenvalue weighted by Crippen LogP contribution is 2.26. The first-order valence-electron chi connectivity index (χ1n) is 7.36. The predicted molar refractivity (Wildman–Crippen MR) is 85.0 cm³/mol. The molecule has 1 aliphatic rings. The van der Waals surface area contributed by atoms with Gasteiger partial charge in [-0.2, -0.15) is 0 Å². The third-order valence-electron chi connectivity index (χ3n) is 4.04. The molecule has 0 amide bonds. The molecule has 2 heteroatoms. The van der Waals surface area contributed by atoms with Crippen LogP contribution in [0.15, 0.2) is 58.2 Å². The van der Waals surface area contributed by atoms with Crippen molar-refractivity contribution in [2.24, 2.45) is 0 Å². The van der Waals surface area contributed by atoms with Gasteiger partial charge in [0.1, 0.15) is 5.58 Å². The van der Waals surface area contributed by atoms with Crippen molar-refractivity contribution in [2.75, 3.05) is 5.32 Å². The number of hydrogen-bond donors (Lipinski definition) is 1. The van der Waals surface area contributed by atoms with Crippen molar-refractivity contribution in [3.05, 3.63) is 53.8 Å². The zero-order valence-electron chi connectivity index (χ0n) is 12.1. The molecular formula is C18H21NO. The van der Waals surface area contributed by atoms with E-state index in [0.717, 1.165) is 23.1 Å². The fraction of sp³-hybridized carbons (Fsp3) is 0.333. The molecule has 2 nitrogen and oxygen atoms in total. The van der Waals surface area contributed by atoms with E-state index in [1.807, 2.05) is 12.1 Å². The molecule has 104 valence electrons. The lowest BCUT2D eigenvalue weighted by Crippen LogP contribution is -2.22. The first kappa shape index (κ1) is 13.0. The Kier molecular flexibility index (Phi) is 3.64. The molecule has 1 aromatic carbocycles. The third-order valence-corrected chi connectivity index (χ3v) is 4.04. The standard InChI is InChI=1S/C18H21NO/c1-3-17(14-6-4-13(2)5-7-14)19-16-8-9-18-15(12-16)10-11-20-18/h4,6,8-12,17,19H,3,5,7H2,1-2H3. The van der Waals surface area contributed by atoms with Gasteiger partial charge in [0.2, 0.25) is 0 Å². The van der Waals surface area contributed by atoms with Crippen molar-refractivity contribution < 1.29 is 4.42 Å². The van der Waals surface area contributed by atoms with Crippen molar-refractivity contribution in [3.8, 4) is 0 Å². The van der Waals surface area contributed by atoms with Crippen LogP contribution in [0.5, 0.6) is 0 Å². The number of furan rings is 1. The molecule has 1 unspecified atom stereocenters. The average Bonchev–Trinajstić information content (AvgIpc) is 2.93. The van der Waals surface area contributed by atoms with Crippen LogP contribution in [0.1, 0.15) is 33.1 Å². The minimum absolute atomic E-state index is 0.420. The number of fused-ring (bicyclic) bond motifs is 1. The van der Waals surface area contributed by atoms with Crippen LogP contribution >= 0.6 is 0 Å². The maximum Gasteiger partial charge on any atom is 0.133 e. The number of allylic oxidation sites excluding steroid dienone is 3. The Morgan fingerprint density at radius 1 is 1.20 bits per heavy atom. The number of rotatable bonds is 4. The lowest BCUT2D eigenvalue weighted by Gasteiger charge is -2.24. The quantitative estimate of drug-likeness (QED) is 0.814. The second-order valence-corrected chi connectivity index (χ2v) is 5.53. The average molecular weight is 267 g/mol. The number of anilines is 1. The number of benzene rings is 1. The molecule has 0 saturated carbocycles. The van der Waals surface area contributed by atoms with E-state index < -0.39 is 0 Å². The molecule has 3 rings (SSSR count). The Morgan fingerprint density at radius 3 is 2.85 bits per heavy atom. The van der Waals surface area contributed by atoms with Crippen molar-refractivity contribution in [1.29, 1.82) is 0 Å². The molecular weight excluding hydrogens is 246 g/mol. The maximum atomic E-state index is 5.39. The predicted octanol–water partition coefficient (Wildman–Crippen LogP) is 5.29. The first-order valence-corrected chi connectivity index (χ1v) is 7.36. The largest absolute Gasteiger partial charge is 0.464 e. The van der Waals surface area contributed by atoms with E-state index in [-0.39, 0.29) is 0 Å². The van der Waals surface area contributed by atoms with Crippen molar-refractivity contribution in [1.82, 2.24) is 0 Å². The lowest BCUT2D eigenvalue weighted by atomic mass is 9.92. The highest BCUT2D eigenvalue weighted by Gasteiger charge is 2.14. The van der Waals surface area contributed by atoms with Crippen LogP contribution in [-0.2, 0) is 0 Å². The summed E-state index contributed by atoms with van der Waals surface area (Å²) in [7, 11) is 0. The van der Waals surface area contributed by atoms with Crippen molar-refractivity contribution >= 4 is 16.7 Å². The third kappa shape index (κ3) is 2.64. The van der Waals surface area contributed by atoms with E-state index in [4.69, 9.17) is 4.42 Å². The number of nitrogens with one attached hydrogen (secondary N) is 1. The smallest absolute Gasteiger partial charge is 0.133 e. The van der Waals surface area contributed by atoms with Gasteiger partial charge in [-0.3, -0.25) is 0 Å². The minimum atomic E-state index is 0.420. The van der Waals surface area contributed by atoms with E-state index in [2.05, 4.69) is 43.4 Å². The van der Waals surface area contributed by atoms with Crippen LogP contribution in [0, 0.1) is 0 Å². The van der Waals surface area contributed by atoms with Gasteiger partial charge in [-0.25, -0.2) is 0 Å². The first-order chi connectivity index (χ1) is 9.76. The molecule has 1 N–H and O–H groups in total. The van der Waals surface area contributed by atoms with Gasteiger partial charge >= 0.3 is 0 Å². The van der Waals surface area contributed by atoms with E-state index in [1.165, 1.54) is 24.0 Å². The molecule has 0 spiro atoms. The SMILES string of the molecule is CCC(Nc1ccc2occc2c1)C1=CC=C(C)CC1. The van der Waals surface area contributed by atoms with Crippen LogP contribution in [-0.4, -0.2) is 6.04 Å².